The molecule has 5 nitrogen and oxygen atoms in total. The second kappa shape index (κ2) is 7.28. The first kappa shape index (κ1) is 16.2. The van der Waals surface area contributed by atoms with Gasteiger partial charge in [0.2, 0.25) is 5.91 Å². The van der Waals surface area contributed by atoms with E-state index in [1.165, 1.54) is 25.7 Å². The number of carbonyl (C=O) groups is 1. The minimum Gasteiger partial charge on any atom is -0.353 e. The summed E-state index contributed by atoms with van der Waals surface area (Å²) in [7, 11) is 0. The number of rotatable bonds is 4. The molecule has 23 heavy (non-hydrogen) atoms. The van der Waals surface area contributed by atoms with E-state index < -0.39 is 0 Å². The predicted molar refractivity (Wildman–Crippen MR) is 91.5 cm³/mol. The standard InChI is InChI=1S/C18H28N4O/c1-14-13-17(20-15(2)19-14)21-9-11-22(12-10-21)18(23)8-7-16-5-3-4-6-16/h13,16H,3-12H2,1-2H3. The van der Waals surface area contributed by atoms with Crippen LogP contribution in [0.15, 0.2) is 6.07 Å². The van der Waals surface area contributed by atoms with Crippen LogP contribution in [0.4, 0.5) is 5.82 Å². The fourth-order valence-electron chi connectivity index (χ4n) is 3.83. The number of amides is 1. The summed E-state index contributed by atoms with van der Waals surface area (Å²) in [5, 5.41) is 0. The third kappa shape index (κ3) is 4.21. The minimum absolute atomic E-state index is 0.339. The van der Waals surface area contributed by atoms with E-state index in [2.05, 4.69) is 14.9 Å². The molecule has 0 N–H and O–H groups in total. The van der Waals surface area contributed by atoms with Gasteiger partial charge < -0.3 is 9.80 Å². The lowest BCUT2D eigenvalue weighted by atomic mass is 10.0. The fourth-order valence-corrected chi connectivity index (χ4v) is 3.83. The van der Waals surface area contributed by atoms with Gasteiger partial charge >= 0.3 is 0 Å². The predicted octanol–water partition coefficient (Wildman–Crippen LogP) is 2.71. The molecule has 1 aromatic rings. The van der Waals surface area contributed by atoms with E-state index in [4.69, 9.17) is 0 Å². The van der Waals surface area contributed by atoms with Gasteiger partial charge in [-0.1, -0.05) is 25.7 Å². The van der Waals surface area contributed by atoms with Crippen LogP contribution in [0.2, 0.25) is 0 Å². The van der Waals surface area contributed by atoms with Crippen molar-refractivity contribution in [3.05, 3.63) is 17.6 Å². The average molecular weight is 316 g/mol. The summed E-state index contributed by atoms with van der Waals surface area (Å²) < 4.78 is 0. The van der Waals surface area contributed by atoms with Gasteiger partial charge in [0.25, 0.3) is 0 Å². The molecule has 0 aromatic carbocycles. The zero-order valence-corrected chi connectivity index (χ0v) is 14.4. The van der Waals surface area contributed by atoms with Gasteiger partial charge in [0, 0.05) is 44.4 Å². The molecule has 1 aliphatic carbocycles. The van der Waals surface area contributed by atoms with Gasteiger partial charge in [0.15, 0.2) is 0 Å². The number of piperazine rings is 1. The van der Waals surface area contributed by atoms with Crippen LogP contribution >= 0.6 is 0 Å². The van der Waals surface area contributed by atoms with Crippen LogP contribution in [-0.4, -0.2) is 47.0 Å². The molecule has 1 amide bonds. The van der Waals surface area contributed by atoms with Crippen molar-refractivity contribution in [2.24, 2.45) is 5.92 Å². The van der Waals surface area contributed by atoms with Crippen LogP contribution in [0.25, 0.3) is 0 Å². The van der Waals surface area contributed by atoms with Gasteiger partial charge in [-0.2, -0.15) is 0 Å². The lowest BCUT2D eigenvalue weighted by Crippen LogP contribution is -2.49. The zero-order valence-electron chi connectivity index (χ0n) is 14.4. The number of hydrogen-bond donors (Lipinski definition) is 0. The van der Waals surface area contributed by atoms with Crippen LogP contribution in [0.1, 0.15) is 50.0 Å². The molecule has 0 bridgehead atoms. The van der Waals surface area contributed by atoms with Gasteiger partial charge in [0.05, 0.1) is 0 Å². The molecule has 0 atom stereocenters. The van der Waals surface area contributed by atoms with Gasteiger partial charge in [-0.15, -0.1) is 0 Å². The molecule has 1 aliphatic heterocycles. The molecule has 1 saturated carbocycles. The lowest BCUT2D eigenvalue weighted by Gasteiger charge is -2.35. The van der Waals surface area contributed by atoms with Crippen molar-refractivity contribution in [3.63, 3.8) is 0 Å². The van der Waals surface area contributed by atoms with E-state index in [-0.39, 0.29) is 0 Å². The Morgan fingerprint density at radius 2 is 1.83 bits per heavy atom. The quantitative estimate of drug-likeness (QED) is 0.857. The third-order valence-corrected chi connectivity index (χ3v) is 5.15. The molecule has 2 heterocycles. The Labute approximate surface area is 139 Å². The van der Waals surface area contributed by atoms with Crippen LogP contribution in [0.3, 0.4) is 0 Å². The minimum atomic E-state index is 0.339. The Morgan fingerprint density at radius 3 is 2.48 bits per heavy atom. The summed E-state index contributed by atoms with van der Waals surface area (Å²) >= 11 is 0. The first-order valence-corrected chi connectivity index (χ1v) is 8.97. The van der Waals surface area contributed by atoms with Gasteiger partial charge in [-0.05, 0) is 26.2 Å². The lowest BCUT2D eigenvalue weighted by molar-refractivity contribution is -0.131. The smallest absolute Gasteiger partial charge is 0.222 e. The van der Waals surface area contributed by atoms with Crippen LogP contribution < -0.4 is 4.90 Å². The van der Waals surface area contributed by atoms with Crippen LogP contribution in [0, 0.1) is 19.8 Å². The maximum Gasteiger partial charge on any atom is 0.222 e. The average Bonchev–Trinajstić information content (AvgIpc) is 3.05. The summed E-state index contributed by atoms with van der Waals surface area (Å²) in [6, 6.07) is 2.03. The fraction of sp³-hybridized carbons (Fsp3) is 0.722. The normalized spacial score (nSPS) is 19.4. The van der Waals surface area contributed by atoms with E-state index in [0.29, 0.717) is 5.91 Å². The number of nitrogens with zero attached hydrogens (tertiary/aromatic N) is 4. The summed E-state index contributed by atoms with van der Waals surface area (Å²) in [4.78, 5) is 25.5. The molecule has 0 unspecified atom stereocenters. The number of hydrogen-bond acceptors (Lipinski definition) is 4. The number of carbonyl (C=O) groups excluding carboxylic acids is 1. The van der Waals surface area contributed by atoms with Crippen molar-refractivity contribution in [1.82, 2.24) is 14.9 Å². The van der Waals surface area contributed by atoms with Gasteiger partial charge in [0.1, 0.15) is 11.6 Å². The Morgan fingerprint density at radius 1 is 1.13 bits per heavy atom. The second-order valence-corrected chi connectivity index (χ2v) is 6.97. The highest BCUT2D eigenvalue weighted by molar-refractivity contribution is 5.76. The Balaban J connectivity index is 1.48. The molecule has 2 aliphatic rings. The topological polar surface area (TPSA) is 49.3 Å². The Bertz CT molecular complexity index is 526. The third-order valence-electron chi connectivity index (χ3n) is 5.15. The Hall–Kier alpha value is -1.65. The molecule has 2 fully saturated rings. The molecule has 0 radical (unpaired) electrons. The highest BCUT2D eigenvalue weighted by Crippen LogP contribution is 2.28. The van der Waals surface area contributed by atoms with E-state index in [9.17, 15) is 4.79 Å². The van der Waals surface area contributed by atoms with Gasteiger partial charge in [-0.25, -0.2) is 9.97 Å². The van der Waals surface area contributed by atoms with Crippen molar-refractivity contribution < 1.29 is 4.79 Å². The molecule has 126 valence electrons. The van der Waals surface area contributed by atoms with E-state index in [0.717, 1.165) is 62.3 Å². The number of aryl methyl sites for hydroxylation is 2. The first-order valence-electron chi connectivity index (χ1n) is 8.97. The zero-order chi connectivity index (χ0) is 16.2. The van der Waals surface area contributed by atoms with Crippen LogP contribution in [-0.2, 0) is 4.79 Å². The Kier molecular flexibility index (Phi) is 5.13. The number of anilines is 1. The van der Waals surface area contributed by atoms with Crippen molar-refractivity contribution in [1.29, 1.82) is 0 Å². The van der Waals surface area contributed by atoms with Crippen molar-refractivity contribution in [3.8, 4) is 0 Å². The largest absolute Gasteiger partial charge is 0.353 e. The second-order valence-electron chi connectivity index (χ2n) is 6.97. The highest BCUT2D eigenvalue weighted by atomic mass is 16.2. The molecule has 0 spiro atoms. The van der Waals surface area contributed by atoms with Gasteiger partial charge in [-0.3, -0.25) is 4.79 Å². The summed E-state index contributed by atoms with van der Waals surface area (Å²) in [6.07, 6.45) is 7.19. The summed E-state index contributed by atoms with van der Waals surface area (Å²) in [5.74, 6) is 2.95. The SMILES string of the molecule is Cc1cc(N2CCN(C(=O)CCC3CCCC3)CC2)nc(C)n1. The molecule has 3 rings (SSSR count). The monoisotopic (exact) mass is 316 g/mol. The molecule has 1 aromatic heterocycles. The molecule has 5 heteroatoms. The van der Waals surface area contributed by atoms with E-state index in [1.54, 1.807) is 0 Å². The van der Waals surface area contributed by atoms with E-state index in [1.807, 2.05) is 24.8 Å². The summed E-state index contributed by atoms with van der Waals surface area (Å²) in [6.45, 7) is 7.29. The summed E-state index contributed by atoms with van der Waals surface area (Å²) in [5.41, 5.74) is 1.00. The van der Waals surface area contributed by atoms with Crippen molar-refractivity contribution in [2.45, 2.75) is 52.4 Å². The van der Waals surface area contributed by atoms with Crippen molar-refractivity contribution in [2.75, 3.05) is 31.1 Å². The first-order chi connectivity index (χ1) is 11.1. The maximum atomic E-state index is 12.4. The van der Waals surface area contributed by atoms with Crippen LogP contribution in [0.5, 0.6) is 0 Å². The molecular weight excluding hydrogens is 288 g/mol. The van der Waals surface area contributed by atoms with E-state index >= 15 is 0 Å². The highest BCUT2D eigenvalue weighted by Gasteiger charge is 2.23. The number of aromatic nitrogens is 2. The molecule has 1 saturated heterocycles. The maximum absolute atomic E-state index is 12.4. The van der Waals surface area contributed by atoms with Crippen molar-refractivity contribution >= 4 is 11.7 Å². The molecular formula is C18H28N4O.